The lowest BCUT2D eigenvalue weighted by Crippen LogP contribution is -2.14. The van der Waals surface area contributed by atoms with Gasteiger partial charge in [0, 0.05) is 18.3 Å². The summed E-state index contributed by atoms with van der Waals surface area (Å²) in [5, 5.41) is 12.8. The molecule has 0 saturated heterocycles. The first-order chi connectivity index (χ1) is 9.24. The Labute approximate surface area is 115 Å². The standard InChI is InChI=1S/C15H23N3O/c1-3-12-7-4-8-13(10-12)14-17-15(19-18-14)11(2)6-5-9-16/h11-13H,3-8,10H2,1-2H3. The van der Waals surface area contributed by atoms with E-state index in [1.54, 1.807) is 0 Å². The minimum absolute atomic E-state index is 0.187. The minimum Gasteiger partial charge on any atom is -0.339 e. The molecule has 1 aromatic rings. The molecular weight excluding hydrogens is 238 g/mol. The lowest BCUT2D eigenvalue weighted by atomic mass is 9.80. The van der Waals surface area contributed by atoms with Crippen molar-refractivity contribution >= 4 is 0 Å². The number of hydrogen-bond acceptors (Lipinski definition) is 4. The van der Waals surface area contributed by atoms with Crippen molar-refractivity contribution < 1.29 is 4.52 Å². The van der Waals surface area contributed by atoms with Crippen molar-refractivity contribution in [3.63, 3.8) is 0 Å². The number of hydrogen-bond donors (Lipinski definition) is 0. The molecule has 1 aliphatic rings. The first kappa shape index (κ1) is 14.0. The maximum Gasteiger partial charge on any atom is 0.229 e. The van der Waals surface area contributed by atoms with Gasteiger partial charge in [0.25, 0.3) is 0 Å². The number of nitrogens with zero attached hydrogens (tertiary/aromatic N) is 3. The monoisotopic (exact) mass is 261 g/mol. The highest BCUT2D eigenvalue weighted by Gasteiger charge is 2.26. The molecule has 0 spiro atoms. The van der Waals surface area contributed by atoms with Crippen LogP contribution in [0.5, 0.6) is 0 Å². The van der Waals surface area contributed by atoms with Crippen LogP contribution in [0.25, 0.3) is 0 Å². The summed E-state index contributed by atoms with van der Waals surface area (Å²) in [4.78, 5) is 4.57. The Bertz CT molecular complexity index is 435. The minimum atomic E-state index is 0.187. The van der Waals surface area contributed by atoms with Gasteiger partial charge in [0.15, 0.2) is 5.82 Å². The second-order valence-electron chi connectivity index (χ2n) is 5.73. The van der Waals surface area contributed by atoms with Gasteiger partial charge >= 0.3 is 0 Å². The first-order valence-corrected chi connectivity index (χ1v) is 7.45. The fraction of sp³-hybridized carbons (Fsp3) is 0.800. The molecule has 104 valence electrons. The van der Waals surface area contributed by atoms with Gasteiger partial charge in [-0.25, -0.2) is 0 Å². The molecule has 0 bridgehead atoms. The zero-order valence-electron chi connectivity index (χ0n) is 11.9. The first-order valence-electron chi connectivity index (χ1n) is 7.45. The third-order valence-electron chi connectivity index (χ3n) is 4.29. The molecule has 0 amide bonds. The molecule has 1 heterocycles. The average Bonchev–Trinajstić information content (AvgIpc) is 2.94. The fourth-order valence-corrected chi connectivity index (χ4v) is 2.91. The van der Waals surface area contributed by atoms with Crippen LogP contribution < -0.4 is 0 Å². The number of aromatic nitrogens is 2. The Morgan fingerprint density at radius 3 is 3.05 bits per heavy atom. The van der Waals surface area contributed by atoms with Crippen LogP contribution in [0.3, 0.4) is 0 Å². The van der Waals surface area contributed by atoms with E-state index in [2.05, 4.69) is 23.1 Å². The third-order valence-corrected chi connectivity index (χ3v) is 4.29. The molecular formula is C15H23N3O. The summed E-state index contributed by atoms with van der Waals surface area (Å²) in [5.41, 5.74) is 0. The van der Waals surface area contributed by atoms with Crippen LogP contribution in [0.1, 0.15) is 82.3 Å². The van der Waals surface area contributed by atoms with E-state index in [-0.39, 0.29) is 5.92 Å². The van der Waals surface area contributed by atoms with Crippen molar-refractivity contribution in [3.05, 3.63) is 11.7 Å². The van der Waals surface area contributed by atoms with Crippen molar-refractivity contribution in [2.75, 3.05) is 0 Å². The molecule has 0 N–H and O–H groups in total. The predicted molar refractivity (Wildman–Crippen MR) is 72.6 cm³/mol. The topological polar surface area (TPSA) is 62.7 Å². The molecule has 1 fully saturated rings. The summed E-state index contributed by atoms with van der Waals surface area (Å²) < 4.78 is 5.38. The molecule has 3 atom stereocenters. The Morgan fingerprint density at radius 2 is 2.32 bits per heavy atom. The summed E-state index contributed by atoms with van der Waals surface area (Å²) >= 11 is 0. The van der Waals surface area contributed by atoms with Crippen LogP contribution in [0, 0.1) is 17.2 Å². The Balaban J connectivity index is 1.98. The van der Waals surface area contributed by atoms with Gasteiger partial charge in [-0.2, -0.15) is 10.2 Å². The Hall–Kier alpha value is -1.37. The van der Waals surface area contributed by atoms with E-state index in [4.69, 9.17) is 9.78 Å². The molecule has 1 aliphatic carbocycles. The van der Waals surface area contributed by atoms with Crippen LogP contribution in [0.2, 0.25) is 0 Å². The SMILES string of the molecule is CCC1CCCC(c2noc(C(C)CCC#N)n2)C1. The molecule has 0 aromatic carbocycles. The maximum absolute atomic E-state index is 8.61. The Morgan fingerprint density at radius 1 is 1.47 bits per heavy atom. The summed E-state index contributed by atoms with van der Waals surface area (Å²) in [6.07, 6.45) is 7.58. The molecule has 1 aromatic heterocycles. The van der Waals surface area contributed by atoms with E-state index in [0.29, 0.717) is 18.2 Å². The summed E-state index contributed by atoms with van der Waals surface area (Å²) in [5.74, 6) is 3.06. The molecule has 0 aliphatic heterocycles. The molecule has 0 radical (unpaired) electrons. The number of rotatable bonds is 5. The molecule has 1 saturated carbocycles. The van der Waals surface area contributed by atoms with Crippen LogP contribution in [-0.4, -0.2) is 10.1 Å². The maximum atomic E-state index is 8.61. The molecule has 19 heavy (non-hydrogen) atoms. The molecule has 3 unspecified atom stereocenters. The largest absolute Gasteiger partial charge is 0.339 e. The van der Waals surface area contributed by atoms with Crippen molar-refractivity contribution in [3.8, 4) is 6.07 Å². The van der Waals surface area contributed by atoms with Crippen LogP contribution in [0.15, 0.2) is 4.52 Å². The second kappa shape index (κ2) is 6.70. The molecule has 4 heteroatoms. The van der Waals surface area contributed by atoms with Crippen LogP contribution in [0.4, 0.5) is 0 Å². The number of nitriles is 1. The van der Waals surface area contributed by atoms with Gasteiger partial charge in [-0.3, -0.25) is 0 Å². The van der Waals surface area contributed by atoms with E-state index in [1.807, 2.05) is 6.92 Å². The van der Waals surface area contributed by atoms with Gasteiger partial charge in [0.2, 0.25) is 5.89 Å². The molecule has 2 rings (SSSR count). The van der Waals surface area contributed by atoms with Gasteiger partial charge in [0.05, 0.1) is 6.07 Å². The lowest BCUT2D eigenvalue weighted by Gasteiger charge is -2.26. The predicted octanol–water partition coefficient (Wildman–Crippen LogP) is 4.16. The average molecular weight is 261 g/mol. The smallest absolute Gasteiger partial charge is 0.229 e. The van der Waals surface area contributed by atoms with Gasteiger partial charge < -0.3 is 4.52 Å². The normalized spacial score (nSPS) is 24.9. The second-order valence-corrected chi connectivity index (χ2v) is 5.73. The van der Waals surface area contributed by atoms with E-state index in [1.165, 1.54) is 32.1 Å². The van der Waals surface area contributed by atoms with Crippen molar-refractivity contribution in [2.45, 2.75) is 70.6 Å². The zero-order chi connectivity index (χ0) is 13.7. The van der Waals surface area contributed by atoms with Crippen LogP contribution >= 0.6 is 0 Å². The van der Waals surface area contributed by atoms with E-state index in [9.17, 15) is 0 Å². The summed E-state index contributed by atoms with van der Waals surface area (Å²) in [6.45, 7) is 4.31. The van der Waals surface area contributed by atoms with Crippen LogP contribution in [-0.2, 0) is 0 Å². The quantitative estimate of drug-likeness (QED) is 0.798. The van der Waals surface area contributed by atoms with Gasteiger partial charge in [-0.05, 0) is 25.2 Å². The van der Waals surface area contributed by atoms with Gasteiger partial charge in [0.1, 0.15) is 0 Å². The highest BCUT2D eigenvalue weighted by Crippen LogP contribution is 2.36. The summed E-state index contributed by atoms with van der Waals surface area (Å²) in [6, 6.07) is 2.16. The summed E-state index contributed by atoms with van der Waals surface area (Å²) in [7, 11) is 0. The highest BCUT2D eigenvalue weighted by atomic mass is 16.5. The highest BCUT2D eigenvalue weighted by molar-refractivity contribution is 5.00. The van der Waals surface area contributed by atoms with Gasteiger partial charge in [-0.1, -0.05) is 38.3 Å². The van der Waals surface area contributed by atoms with E-state index >= 15 is 0 Å². The fourth-order valence-electron chi connectivity index (χ4n) is 2.91. The van der Waals surface area contributed by atoms with Gasteiger partial charge in [-0.15, -0.1) is 0 Å². The zero-order valence-corrected chi connectivity index (χ0v) is 11.9. The van der Waals surface area contributed by atoms with E-state index in [0.717, 1.165) is 18.2 Å². The van der Waals surface area contributed by atoms with Crippen molar-refractivity contribution in [1.29, 1.82) is 5.26 Å². The molecule has 4 nitrogen and oxygen atoms in total. The Kier molecular flexibility index (Phi) is 4.95. The van der Waals surface area contributed by atoms with Crippen molar-refractivity contribution in [2.24, 2.45) is 5.92 Å². The third kappa shape index (κ3) is 3.56. The van der Waals surface area contributed by atoms with Crippen molar-refractivity contribution in [1.82, 2.24) is 10.1 Å². The lowest BCUT2D eigenvalue weighted by molar-refractivity contribution is 0.296. The van der Waals surface area contributed by atoms with E-state index < -0.39 is 0 Å².